The third-order valence-corrected chi connectivity index (χ3v) is 7.53. The number of carbonyl (C=O) groups is 2. The zero-order valence-electron chi connectivity index (χ0n) is 14.8. The van der Waals surface area contributed by atoms with Crippen molar-refractivity contribution in [3.63, 3.8) is 0 Å². The lowest BCUT2D eigenvalue weighted by molar-refractivity contribution is -0.121. The Morgan fingerprint density at radius 2 is 1.89 bits per heavy atom. The van der Waals surface area contributed by atoms with E-state index >= 15 is 0 Å². The average molecular weight is 408 g/mol. The lowest BCUT2D eigenvalue weighted by atomic mass is 9.98. The Kier molecular flexibility index (Phi) is 5.93. The lowest BCUT2D eigenvalue weighted by Crippen LogP contribution is -2.43. The standard InChI is InChI=1S/C18H21N3O4S2/c1-13(22)19-15-6-2-7-16(11-15)20-18(23)14-5-3-9-21(12-14)27(24,25)17-8-4-10-26-17/h2,4,6-8,10-11,14H,3,5,9,12H2,1H3,(H,19,22)(H,20,23). The summed E-state index contributed by atoms with van der Waals surface area (Å²) in [6, 6.07) is 10.1. The van der Waals surface area contributed by atoms with E-state index in [0.29, 0.717) is 35.0 Å². The quantitative estimate of drug-likeness (QED) is 0.797. The van der Waals surface area contributed by atoms with Gasteiger partial charge in [-0.1, -0.05) is 12.1 Å². The van der Waals surface area contributed by atoms with Gasteiger partial charge in [0.2, 0.25) is 11.8 Å². The van der Waals surface area contributed by atoms with Crippen LogP contribution in [0.5, 0.6) is 0 Å². The van der Waals surface area contributed by atoms with Crippen molar-refractivity contribution < 1.29 is 18.0 Å². The zero-order chi connectivity index (χ0) is 19.4. The van der Waals surface area contributed by atoms with Crippen LogP contribution in [0.1, 0.15) is 19.8 Å². The molecule has 1 aliphatic heterocycles. The maximum absolute atomic E-state index is 12.7. The van der Waals surface area contributed by atoms with Crippen LogP contribution >= 0.6 is 11.3 Å². The molecule has 9 heteroatoms. The second-order valence-electron chi connectivity index (χ2n) is 6.39. The van der Waals surface area contributed by atoms with E-state index in [2.05, 4.69) is 10.6 Å². The summed E-state index contributed by atoms with van der Waals surface area (Å²) < 4.78 is 27.1. The molecule has 1 fully saturated rings. The summed E-state index contributed by atoms with van der Waals surface area (Å²) in [6.45, 7) is 2.00. The molecule has 0 spiro atoms. The smallest absolute Gasteiger partial charge is 0.252 e. The predicted octanol–water partition coefficient (Wildman–Crippen LogP) is 2.75. The summed E-state index contributed by atoms with van der Waals surface area (Å²) in [4.78, 5) is 23.8. The number of carbonyl (C=O) groups excluding carboxylic acids is 2. The van der Waals surface area contributed by atoms with Crippen molar-refractivity contribution in [3.8, 4) is 0 Å². The SMILES string of the molecule is CC(=O)Nc1cccc(NC(=O)C2CCCN(S(=O)(=O)c3cccs3)C2)c1. The first-order valence-electron chi connectivity index (χ1n) is 8.58. The summed E-state index contributed by atoms with van der Waals surface area (Å²) in [6.07, 6.45) is 1.27. The van der Waals surface area contributed by atoms with Crippen molar-refractivity contribution in [3.05, 3.63) is 41.8 Å². The molecule has 2 heterocycles. The highest BCUT2D eigenvalue weighted by atomic mass is 32.2. The maximum atomic E-state index is 12.7. The summed E-state index contributed by atoms with van der Waals surface area (Å²) in [7, 11) is -3.55. The molecule has 0 saturated carbocycles. The highest BCUT2D eigenvalue weighted by Gasteiger charge is 2.33. The van der Waals surface area contributed by atoms with Gasteiger partial charge in [-0.05, 0) is 42.5 Å². The first-order chi connectivity index (χ1) is 12.9. The minimum atomic E-state index is -3.55. The van der Waals surface area contributed by atoms with E-state index in [1.807, 2.05) is 0 Å². The Morgan fingerprint density at radius 3 is 2.56 bits per heavy atom. The highest BCUT2D eigenvalue weighted by molar-refractivity contribution is 7.91. The molecule has 144 valence electrons. The molecule has 0 aliphatic carbocycles. The fourth-order valence-electron chi connectivity index (χ4n) is 3.03. The predicted molar refractivity (Wildman–Crippen MR) is 105 cm³/mol. The van der Waals surface area contributed by atoms with E-state index in [0.717, 1.165) is 0 Å². The largest absolute Gasteiger partial charge is 0.326 e. The Morgan fingerprint density at radius 1 is 1.15 bits per heavy atom. The molecule has 1 saturated heterocycles. The molecule has 1 atom stereocenters. The van der Waals surface area contributed by atoms with Crippen LogP contribution in [0.15, 0.2) is 46.0 Å². The number of hydrogen-bond donors (Lipinski definition) is 2. The van der Waals surface area contributed by atoms with Crippen LogP contribution in [0.25, 0.3) is 0 Å². The monoisotopic (exact) mass is 407 g/mol. The molecule has 1 unspecified atom stereocenters. The molecule has 27 heavy (non-hydrogen) atoms. The zero-order valence-corrected chi connectivity index (χ0v) is 16.5. The van der Waals surface area contributed by atoms with Crippen LogP contribution in [0.4, 0.5) is 11.4 Å². The fourth-order valence-corrected chi connectivity index (χ4v) is 5.70. The summed E-state index contributed by atoms with van der Waals surface area (Å²) in [5.41, 5.74) is 1.15. The van der Waals surface area contributed by atoms with Gasteiger partial charge in [0.1, 0.15) is 4.21 Å². The Bertz CT molecular complexity index is 926. The Balaban J connectivity index is 1.68. The second kappa shape index (κ2) is 8.20. The number of hydrogen-bond acceptors (Lipinski definition) is 5. The van der Waals surface area contributed by atoms with Crippen LogP contribution in [0.3, 0.4) is 0 Å². The van der Waals surface area contributed by atoms with Crippen molar-refractivity contribution in [2.75, 3.05) is 23.7 Å². The maximum Gasteiger partial charge on any atom is 0.252 e. The van der Waals surface area contributed by atoms with Crippen LogP contribution in [0, 0.1) is 5.92 Å². The van der Waals surface area contributed by atoms with Gasteiger partial charge >= 0.3 is 0 Å². The van der Waals surface area contributed by atoms with E-state index < -0.39 is 15.9 Å². The fraction of sp³-hybridized carbons (Fsp3) is 0.333. The van der Waals surface area contributed by atoms with Crippen molar-refractivity contribution in [2.45, 2.75) is 24.0 Å². The Labute approximate surface area is 162 Å². The molecule has 1 aliphatic rings. The number of anilines is 2. The number of benzene rings is 1. The third kappa shape index (κ3) is 4.74. The number of thiophene rings is 1. The number of nitrogens with zero attached hydrogens (tertiary/aromatic N) is 1. The molecular weight excluding hydrogens is 386 g/mol. The summed E-state index contributed by atoms with van der Waals surface area (Å²) in [5.74, 6) is -0.834. The molecular formula is C18H21N3O4S2. The molecule has 2 N–H and O–H groups in total. The van der Waals surface area contributed by atoms with Crippen LogP contribution < -0.4 is 10.6 Å². The van der Waals surface area contributed by atoms with Crippen LogP contribution in [0.2, 0.25) is 0 Å². The van der Waals surface area contributed by atoms with E-state index in [-0.39, 0.29) is 18.4 Å². The molecule has 2 amide bonds. The minimum Gasteiger partial charge on any atom is -0.326 e. The average Bonchev–Trinajstić information content (AvgIpc) is 3.17. The summed E-state index contributed by atoms with van der Waals surface area (Å²) >= 11 is 1.18. The number of rotatable bonds is 5. The van der Waals surface area contributed by atoms with Gasteiger partial charge in [0.05, 0.1) is 5.92 Å². The third-order valence-electron chi connectivity index (χ3n) is 4.29. The van der Waals surface area contributed by atoms with Crippen LogP contribution in [-0.2, 0) is 19.6 Å². The van der Waals surface area contributed by atoms with Crippen molar-refractivity contribution >= 4 is 44.5 Å². The van der Waals surface area contributed by atoms with Crippen molar-refractivity contribution in [1.82, 2.24) is 4.31 Å². The van der Waals surface area contributed by atoms with Gasteiger partial charge in [-0.15, -0.1) is 11.3 Å². The molecule has 7 nitrogen and oxygen atoms in total. The number of sulfonamides is 1. The molecule has 1 aromatic carbocycles. The number of amides is 2. The number of nitrogens with one attached hydrogen (secondary N) is 2. The first-order valence-corrected chi connectivity index (χ1v) is 10.9. The van der Waals surface area contributed by atoms with Gasteiger partial charge in [0, 0.05) is 31.4 Å². The molecule has 0 radical (unpaired) electrons. The van der Waals surface area contributed by atoms with Gasteiger partial charge in [-0.3, -0.25) is 9.59 Å². The topological polar surface area (TPSA) is 95.6 Å². The van der Waals surface area contributed by atoms with E-state index in [4.69, 9.17) is 0 Å². The van der Waals surface area contributed by atoms with E-state index in [1.54, 1.807) is 41.8 Å². The minimum absolute atomic E-state index is 0.164. The molecule has 2 aromatic rings. The normalized spacial score (nSPS) is 18.0. The van der Waals surface area contributed by atoms with Crippen molar-refractivity contribution in [1.29, 1.82) is 0 Å². The van der Waals surface area contributed by atoms with Gasteiger partial charge in [-0.2, -0.15) is 4.31 Å². The van der Waals surface area contributed by atoms with Gasteiger partial charge in [0.25, 0.3) is 10.0 Å². The van der Waals surface area contributed by atoms with Gasteiger partial charge < -0.3 is 10.6 Å². The Hall–Kier alpha value is -2.23. The van der Waals surface area contributed by atoms with Gasteiger partial charge in [0.15, 0.2) is 0 Å². The molecule has 3 rings (SSSR count). The first kappa shape index (κ1) is 19.5. The summed E-state index contributed by atoms with van der Waals surface area (Å²) in [5, 5.41) is 7.21. The molecule has 1 aromatic heterocycles. The second-order valence-corrected chi connectivity index (χ2v) is 9.50. The van der Waals surface area contributed by atoms with Crippen LogP contribution in [-0.4, -0.2) is 37.6 Å². The molecule has 0 bridgehead atoms. The van der Waals surface area contributed by atoms with Crippen molar-refractivity contribution in [2.24, 2.45) is 5.92 Å². The van der Waals surface area contributed by atoms with E-state index in [9.17, 15) is 18.0 Å². The highest BCUT2D eigenvalue weighted by Crippen LogP contribution is 2.27. The lowest BCUT2D eigenvalue weighted by Gasteiger charge is -2.30. The van der Waals surface area contributed by atoms with E-state index in [1.165, 1.54) is 22.6 Å². The van der Waals surface area contributed by atoms with Gasteiger partial charge in [-0.25, -0.2) is 8.42 Å². The number of piperidine rings is 1.